The summed E-state index contributed by atoms with van der Waals surface area (Å²) in [6.45, 7) is 2.45. The SMILES string of the molecule is CCNC(=O)Nc1cc(-c2nc(C(F)(F)F)cs2)c(-c2ccc3c(c2)c(=O)c(C(=O)NCCCO)cn3C(COC)COC)cn1. The van der Waals surface area contributed by atoms with Crippen LogP contribution in [-0.2, 0) is 15.7 Å². The fourth-order valence-corrected chi connectivity index (χ4v) is 5.59. The molecule has 4 N–H and O–H groups in total. The van der Waals surface area contributed by atoms with Crippen LogP contribution in [0.1, 0.15) is 35.4 Å². The number of halogens is 3. The van der Waals surface area contributed by atoms with E-state index in [-0.39, 0.29) is 53.7 Å². The summed E-state index contributed by atoms with van der Waals surface area (Å²) in [5.74, 6) is -0.570. The first-order valence-corrected chi connectivity index (χ1v) is 15.0. The Labute approximate surface area is 265 Å². The molecule has 246 valence electrons. The molecule has 0 aliphatic carbocycles. The molecule has 0 aliphatic rings. The van der Waals surface area contributed by atoms with Crippen LogP contribution in [0.15, 0.2) is 46.8 Å². The summed E-state index contributed by atoms with van der Waals surface area (Å²) in [5.41, 5.74) is -0.390. The molecule has 4 aromatic rings. The normalized spacial score (nSPS) is 11.7. The lowest BCUT2D eigenvalue weighted by Crippen LogP contribution is -2.32. The second-order valence-electron chi connectivity index (χ2n) is 10.0. The van der Waals surface area contributed by atoms with Gasteiger partial charge in [0.25, 0.3) is 5.91 Å². The number of carbonyl (C=O) groups is 2. The number of amides is 3. The Kier molecular flexibility index (Phi) is 11.4. The molecule has 16 heteroatoms. The quantitative estimate of drug-likeness (QED) is 0.155. The number of nitrogens with one attached hydrogen (secondary N) is 3. The maximum Gasteiger partial charge on any atom is 0.434 e. The Hall–Kier alpha value is -4.38. The van der Waals surface area contributed by atoms with Crippen molar-refractivity contribution in [2.75, 3.05) is 52.4 Å². The highest BCUT2D eigenvalue weighted by atomic mass is 32.1. The molecular weight excluding hydrogens is 629 g/mol. The highest BCUT2D eigenvalue weighted by Crippen LogP contribution is 2.39. The molecule has 1 aromatic carbocycles. The van der Waals surface area contributed by atoms with Crippen LogP contribution in [0, 0.1) is 0 Å². The number of nitrogens with zero attached hydrogens (tertiary/aromatic N) is 3. The highest BCUT2D eigenvalue weighted by molar-refractivity contribution is 7.13. The Bertz CT molecular complexity index is 1750. The standard InChI is InChI=1S/C30H33F3N6O6S/c1-4-34-29(43)38-25-11-19(28-37-24(16-46-28)30(31,32)33)21(12-36-25)17-6-7-23-20(10-17)26(41)22(27(42)35-8-5-9-40)13-39(23)18(14-44-2)15-45-3/h6-7,10-13,16,18,40H,4-5,8-9,14-15H2,1-3H3,(H,35,42)(H2,34,36,38,43). The van der Waals surface area contributed by atoms with E-state index in [1.54, 1.807) is 23.6 Å². The summed E-state index contributed by atoms with van der Waals surface area (Å²) in [4.78, 5) is 47.1. The van der Waals surface area contributed by atoms with E-state index >= 15 is 0 Å². The number of anilines is 1. The molecule has 3 heterocycles. The third-order valence-electron chi connectivity index (χ3n) is 6.83. The van der Waals surface area contributed by atoms with Gasteiger partial charge >= 0.3 is 12.2 Å². The zero-order chi connectivity index (χ0) is 33.4. The minimum absolute atomic E-state index is 0.0125. The lowest BCUT2D eigenvalue weighted by Gasteiger charge is -2.23. The van der Waals surface area contributed by atoms with Crippen molar-refractivity contribution in [1.82, 2.24) is 25.2 Å². The van der Waals surface area contributed by atoms with Gasteiger partial charge in [-0.3, -0.25) is 14.9 Å². The van der Waals surface area contributed by atoms with Crippen LogP contribution in [0.4, 0.5) is 23.8 Å². The smallest absolute Gasteiger partial charge is 0.396 e. The van der Waals surface area contributed by atoms with E-state index in [4.69, 9.17) is 14.6 Å². The van der Waals surface area contributed by atoms with E-state index in [0.29, 0.717) is 29.6 Å². The zero-order valence-electron chi connectivity index (χ0n) is 25.2. The number of hydrogen-bond acceptors (Lipinski definition) is 9. The Morgan fingerprint density at radius 1 is 1.11 bits per heavy atom. The number of aromatic nitrogens is 3. The summed E-state index contributed by atoms with van der Waals surface area (Å²) >= 11 is 0.764. The number of ether oxygens (including phenoxy) is 2. The number of alkyl halides is 3. The number of urea groups is 1. The lowest BCUT2D eigenvalue weighted by molar-refractivity contribution is -0.140. The van der Waals surface area contributed by atoms with Crippen LogP contribution in [-0.4, -0.2) is 78.7 Å². The molecule has 0 spiro atoms. The number of methoxy groups -OCH3 is 2. The van der Waals surface area contributed by atoms with Gasteiger partial charge in [0.1, 0.15) is 16.4 Å². The summed E-state index contributed by atoms with van der Waals surface area (Å²) < 4.78 is 52.9. The monoisotopic (exact) mass is 662 g/mol. The molecule has 3 amide bonds. The van der Waals surface area contributed by atoms with Gasteiger partial charge in [0, 0.05) is 68.2 Å². The van der Waals surface area contributed by atoms with Gasteiger partial charge in [0.15, 0.2) is 5.69 Å². The van der Waals surface area contributed by atoms with Crippen molar-refractivity contribution in [3.05, 3.63) is 63.5 Å². The van der Waals surface area contributed by atoms with Gasteiger partial charge in [-0.2, -0.15) is 13.2 Å². The van der Waals surface area contributed by atoms with Crippen molar-refractivity contribution >= 4 is 40.0 Å². The van der Waals surface area contributed by atoms with Gasteiger partial charge in [-0.05, 0) is 37.1 Å². The highest BCUT2D eigenvalue weighted by Gasteiger charge is 2.34. The second-order valence-corrected chi connectivity index (χ2v) is 10.9. The molecule has 0 atom stereocenters. The first kappa shape index (κ1) is 34.5. The third kappa shape index (κ3) is 7.88. The average Bonchev–Trinajstić information content (AvgIpc) is 3.53. The number of carbonyl (C=O) groups excluding carboxylic acids is 2. The fourth-order valence-electron chi connectivity index (χ4n) is 4.74. The van der Waals surface area contributed by atoms with Crippen molar-refractivity contribution in [1.29, 1.82) is 0 Å². The van der Waals surface area contributed by atoms with E-state index in [0.717, 1.165) is 16.7 Å². The van der Waals surface area contributed by atoms with Gasteiger partial charge in [0.05, 0.1) is 24.8 Å². The summed E-state index contributed by atoms with van der Waals surface area (Å²) in [7, 11) is 3.02. The molecular formula is C30H33F3N6O6S. The summed E-state index contributed by atoms with van der Waals surface area (Å²) in [6, 6.07) is 5.29. The van der Waals surface area contributed by atoms with Crippen molar-refractivity contribution in [2.24, 2.45) is 0 Å². The van der Waals surface area contributed by atoms with E-state index in [1.807, 2.05) is 0 Å². The van der Waals surface area contributed by atoms with E-state index in [1.165, 1.54) is 38.7 Å². The molecule has 0 bridgehead atoms. The van der Waals surface area contributed by atoms with Crippen LogP contribution in [0.2, 0.25) is 0 Å². The van der Waals surface area contributed by atoms with Crippen molar-refractivity contribution in [3.63, 3.8) is 0 Å². The molecule has 4 rings (SSSR count). The largest absolute Gasteiger partial charge is 0.434 e. The van der Waals surface area contributed by atoms with E-state index in [2.05, 4.69) is 25.9 Å². The third-order valence-corrected chi connectivity index (χ3v) is 7.70. The van der Waals surface area contributed by atoms with Crippen LogP contribution in [0.5, 0.6) is 0 Å². The lowest BCUT2D eigenvalue weighted by atomic mass is 9.99. The first-order valence-electron chi connectivity index (χ1n) is 14.2. The summed E-state index contributed by atoms with van der Waals surface area (Å²) in [6.07, 6.45) is -1.58. The molecule has 0 radical (unpaired) electrons. The Balaban J connectivity index is 1.93. The number of thiazole rings is 1. The predicted molar refractivity (Wildman–Crippen MR) is 167 cm³/mol. The van der Waals surface area contributed by atoms with Gasteiger partial charge in [0.2, 0.25) is 5.43 Å². The van der Waals surface area contributed by atoms with Crippen molar-refractivity contribution in [3.8, 4) is 21.7 Å². The molecule has 0 saturated heterocycles. The van der Waals surface area contributed by atoms with Crippen LogP contribution >= 0.6 is 11.3 Å². The fraction of sp³-hybridized carbons (Fsp3) is 0.367. The van der Waals surface area contributed by atoms with Crippen LogP contribution in [0.3, 0.4) is 0 Å². The minimum atomic E-state index is -4.67. The molecule has 0 fully saturated rings. The maximum atomic E-state index is 13.8. The number of aliphatic hydroxyl groups is 1. The molecule has 0 unspecified atom stereocenters. The average molecular weight is 663 g/mol. The summed E-state index contributed by atoms with van der Waals surface area (Å²) in [5, 5.41) is 17.9. The van der Waals surface area contributed by atoms with Gasteiger partial charge in [-0.15, -0.1) is 11.3 Å². The number of aliphatic hydroxyl groups excluding tert-OH is 1. The van der Waals surface area contributed by atoms with Gasteiger partial charge in [-0.25, -0.2) is 14.8 Å². The van der Waals surface area contributed by atoms with E-state index < -0.39 is 35.3 Å². The zero-order valence-corrected chi connectivity index (χ0v) is 26.1. The molecule has 46 heavy (non-hydrogen) atoms. The molecule has 3 aromatic heterocycles. The van der Waals surface area contributed by atoms with Crippen molar-refractivity contribution < 1.29 is 37.3 Å². The number of benzene rings is 1. The van der Waals surface area contributed by atoms with Gasteiger partial charge in [-0.1, -0.05) is 6.07 Å². The molecule has 0 saturated carbocycles. The van der Waals surface area contributed by atoms with Crippen LogP contribution < -0.4 is 21.4 Å². The molecule has 12 nitrogen and oxygen atoms in total. The topological polar surface area (TPSA) is 157 Å². The van der Waals surface area contributed by atoms with Crippen LogP contribution in [0.25, 0.3) is 32.6 Å². The molecule has 0 aliphatic heterocycles. The number of rotatable bonds is 13. The Morgan fingerprint density at radius 2 is 1.85 bits per heavy atom. The van der Waals surface area contributed by atoms with Crippen molar-refractivity contribution in [2.45, 2.75) is 25.6 Å². The first-order chi connectivity index (χ1) is 22.0. The second kappa shape index (κ2) is 15.3. The minimum Gasteiger partial charge on any atom is -0.396 e. The Morgan fingerprint density at radius 3 is 2.48 bits per heavy atom. The van der Waals surface area contributed by atoms with Gasteiger partial charge < -0.3 is 29.8 Å². The maximum absolute atomic E-state index is 13.8. The number of fused-ring (bicyclic) bond motifs is 1. The van der Waals surface area contributed by atoms with E-state index in [9.17, 15) is 27.6 Å². The predicted octanol–water partition coefficient (Wildman–Crippen LogP) is 4.29. The number of hydrogen-bond donors (Lipinski definition) is 4. The number of pyridine rings is 2.